The maximum Gasteiger partial charge on any atom is 0.330 e. The standard InChI is InChI=1S/C7H12NO2/c1-4-7(9)10-6-5-8(2)3/h4-5H,1,6H2,2-3H3/q+1. The summed E-state index contributed by atoms with van der Waals surface area (Å²) in [6.07, 6.45) is 2.89. The van der Waals surface area contributed by atoms with E-state index in [2.05, 4.69) is 11.3 Å². The Kier molecular flexibility index (Phi) is 4.20. The number of rotatable bonds is 3. The monoisotopic (exact) mass is 142 g/mol. The van der Waals surface area contributed by atoms with Gasteiger partial charge in [-0.3, -0.25) is 0 Å². The van der Waals surface area contributed by atoms with Gasteiger partial charge < -0.3 is 4.74 Å². The number of nitrogens with zero attached hydrogens (tertiary/aromatic N) is 1. The van der Waals surface area contributed by atoms with Crippen molar-refractivity contribution < 1.29 is 14.1 Å². The molecule has 0 saturated heterocycles. The maximum absolute atomic E-state index is 10.4. The SMILES string of the molecule is C=CC(=O)OCC=[N+](C)C. The Hall–Kier alpha value is -1.12. The normalized spacial score (nSPS) is 8.20. The topological polar surface area (TPSA) is 29.3 Å². The number of esters is 1. The predicted molar refractivity (Wildman–Crippen MR) is 39.3 cm³/mol. The molecule has 0 amide bonds. The van der Waals surface area contributed by atoms with Crippen molar-refractivity contribution in [1.82, 2.24) is 0 Å². The van der Waals surface area contributed by atoms with Crippen LogP contribution in [0.3, 0.4) is 0 Å². The first kappa shape index (κ1) is 8.88. The van der Waals surface area contributed by atoms with Crippen LogP contribution in [-0.4, -0.2) is 37.5 Å². The minimum absolute atomic E-state index is 0.303. The molecule has 0 aromatic heterocycles. The van der Waals surface area contributed by atoms with Gasteiger partial charge in [0.1, 0.15) is 14.1 Å². The van der Waals surface area contributed by atoms with Gasteiger partial charge in [0.2, 0.25) is 0 Å². The molecule has 3 nitrogen and oxygen atoms in total. The molecule has 56 valence electrons. The van der Waals surface area contributed by atoms with Crippen molar-refractivity contribution in [2.24, 2.45) is 0 Å². The molecule has 0 N–H and O–H groups in total. The fourth-order valence-corrected chi connectivity index (χ4v) is 0.327. The number of hydrogen-bond acceptors (Lipinski definition) is 2. The van der Waals surface area contributed by atoms with E-state index >= 15 is 0 Å². The van der Waals surface area contributed by atoms with E-state index in [4.69, 9.17) is 0 Å². The second-order valence-electron chi connectivity index (χ2n) is 1.98. The summed E-state index contributed by atoms with van der Waals surface area (Å²) in [5.74, 6) is -0.391. The van der Waals surface area contributed by atoms with E-state index < -0.39 is 5.97 Å². The molecular formula is C7H12NO2+. The Balaban J connectivity index is 3.46. The van der Waals surface area contributed by atoms with Crippen LogP contribution >= 0.6 is 0 Å². The highest BCUT2D eigenvalue weighted by molar-refractivity contribution is 5.82. The Morgan fingerprint density at radius 1 is 1.70 bits per heavy atom. The van der Waals surface area contributed by atoms with E-state index in [0.29, 0.717) is 6.61 Å². The van der Waals surface area contributed by atoms with Gasteiger partial charge in [-0.05, 0) is 0 Å². The minimum Gasteiger partial charge on any atom is -0.452 e. The number of carbonyl (C=O) groups is 1. The summed E-state index contributed by atoms with van der Waals surface area (Å²) >= 11 is 0. The summed E-state index contributed by atoms with van der Waals surface area (Å²) in [5.41, 5.74) is 0. The quantitative estimate of drug-likeness (QED) is 0.241. The Morgan fingerprint density at radius 3 is 2.70 bits per heavy atom. The molecule has 0 atom stereocenters. The summed E-state index contributed by atoms with van der Waals surface area (Å²) in [6, 6.07) is 0. The molecule has 0 aromatic carbocycles. The van der Waals surface area contributed by atoms with Gasteiger partial charge in [0, 0.05) is 6.08 Å². The van der Waals surface area contributed by atoms with Crippen LogP contribution < -0.4 is 0 Å². The largest absolute Gasteiger partial charge is 0.452 e. The van der Waals surface area contributed by atoms with Crippen LogP contribution in [0.5, 0.6) is 0 Å². The van der Waals surface area contributed by atoms with Gasteiger partial charge in [-0.1, -0.05) is 6.58 Å². The average molecular weight is 142 g/mol. The molecule has 3 heteroatoms. The number of hydrogen-bond donors (Lipinski definition) is 0. The molecule has 0 aromatic rings. The van der Waals surface area contributed by atoms with Crippen molar-refractivity contribution in [2.45, 2.75) is 0 Å². The predicted octanol–water partition coefficient (Wildman–Crippen LogP) is 0.0585. The Bertz CT molecular complexity index is 157. The molecule has 0 radical (unpaired) electrons. The van der Waals surface area contributed by atoms with Crippen LogP contribution in [0.1, 0.15) is 0 Å². The fraction of sp³-hybridized carbons (Fsp3) is 0.429. The van der Waals surface area contributed by atoms with Crippen LogP contribution in [0.2, 0.25) is 0 Å². The van der Waals surface area contributed by atoms with Gasteiger partial charge >= 0.3 is 5.97 Å². The van der Waals surface area contributed by atoms with Gasteiger partial charge in [-0.2, -0.15) is 0 Å². The molecule has 0 aliphatic carbocycles. The minimum atomic E-state index is -0.391. The van der Waals surface area contributed by atoms with Crippen LogP contribution in [0.4, 0.5) is 0 Å². The first-order valence-corrected chi connectivity index (χ1v) is 2.95. The lowest BCUT2D eigenvalue weighted by Gasteiger charge is -1.92. The Labute approximate surface area is 60.6 Å². The van der Waals surface area contributed by atoms with Crippen LogP contribution in [-0.2, 0) is 9.53 Å². The zero-order valence-corrected chi connectivity index (χ0v) is 6.33. The first-order valence-electron chi connectivity index (χ1n) is 2.95. The van der Waals surface area contributed by atoms with Crippen molar-refractivity contribution in [3.8, 4) is 0 Å². The van der Waals surface area contributed by atoms with E-state index in [0.717, 1.165) is 6.08 Å². The summed E-state index contributed by atoms with van der Waals surface area (Å²) in [6.45, 7) is 3.56. The highest BCUT2D eigenvalue weighted by Gasteiger charge is 1.92. The zero-order chi connectivity index (χ0) is 7.98. The molecule has 0 bridgehead atoms. The van der Waals surface area contributed by atoms with Crippen LogP contribution in [0.25, 0.3) is 0 Å². The molecule has 10 heavy (non-hydrogen) atoms. The molecule has 0 unspecified atom stereocenters. The zero-order valence-electron chi connectivity index (χ0n) is 6.33. The third-order valence-corrected chi connectivity index (χ3v) is 0.832. The smallest absolute Gasteiger partial charge is 0.330 e. The van der Waals surface area contributed by atoms with Gasteiger partial charge in [-0.25, -0.2) is 9.37 Å². The fourth-order valence-electron chi connectivity index (χ4n) is 0.327. The van der Waals surface area contributed by atoms with Crippen molar-refractivity contribution >= 4 is 12.2 Å². The molecule has 0 spiro atoms. The second-order valence-corrected chi connectivity index (χ2v) is 1.98. The van der Waals surface area contributed by atoms with E-state index in [1.165, 1.54) is 0 Å². The van der Waals surface area contributed by atoms with Gasteiger partial charge in [0.05, 0.1) is 0 Å². The molecule has 0 fully saturated rings. The van der Waals surface area contributed by atoms with Crippen molar-refractivity contribution in [1.29, 1.82) is 0 Å². The summed E-state index contributed by atoms with van der Waals surface area (Å²) in [4.78, 5) is 10.4. The van der Waals surface area contributed by atoms with Gasteiger partial charge in [0.25, 0.3) is 0 Å². The van der Waals surface area contributed by atoms with Crippen molar-refractivity contribution in [3.63, 3.8) is 0 Å². The average Bonchev–Trinajstić information content (AvgIpc) is 1.87. The molecule has 0 aliphatic rings. The van der Waals surface area contributed by atoms with Crippen molar-refractivity contribution in [2.75, 3.05) is 20.7 Å². The first-order chi connectivity index (χ1) is 4.66. The molecule has 0 rings (SSSR count). The lowest BCUT2D eigenvalue weighted by Crippen LogP contribution is -2.08. The Morgan fingerprint density at radius 2 is 2.30 bits per heavy atom. The lowest BCUT2D eigenvalue weighted by molar-refractivity contribution is -0.460. The molecule has 0 aliphatic heterocycles. The van der Waals surface area contributed by atoms with E-state index in [-0.39, 0.29) is 0 Å². The molecule has 0 heterocycles. The highest BCUT2D eigenvalue weighted by Crippen LogP contribution is 1.74. The van der Waals surface area contributed by atoms with Crippen LogP contribution in [0, 0.1) is 0 Å². The maximum atomic E-state index is 10.4. The second kappa shape index (κ2) is 4.73. The summed E-state index contributed by atoms with van der Waals surface area (Å²) in [5, 5.41) is 0. The number of ether oxygens (including phenoxy) is 1. The molecular weight excluding hydrogens is 130 g/mol. The summed E-state index contributed by atoms with van der Waals surface area (Å²) < 4.78 is 6.46. The summed E-state index contributed by atoms with van der Waals surface area (Å²) in [7, 11) is 3.73. The lowest BCUT2D eigenvalue weighted by atomic mass is 10.6. The number of carbonyl (C=O) groups excluding carboxylic acids is 1. The van der Waals surface area contributed by atoms with E-state index in [1.54, 1.807) is 6.21 Å². The third kappa shape index (κ3) is 5.03. The van der Waals surface area contributed by atoms with E-state index in [1.807, 2.05) is 18.7 Å². The van der Waals surface area contributed by atoms with Crippen molar-refractivity contribution in [3.05, 3.63) is 12.7 Å². The van der Waals surface area contributed by atoms with Crippen LogP contribution in [0.15, 0.2) is 12.7 Å². The van der Waals surface area contributed by atoms with E-state index in [9.17, 15) is 4.79 Å². The van der Waals surface area contributed by atoms with Gasteiger partial charge in [0.15, 0.2) is 12.8 Å². The third-order valence-electron chi connectivity index (χ3n) is 0.832. The highest BCUT2D eigenvalue weighted by atomic mass is 16.5. The van der Waals surface area contributed by atoms with Gasteiger partial charge in [-0.15, -0.1) is 0 Å². The molecule has 0 saturated carbocycles.